The summed E-state index contributed by atoms with van der Waals surface area (Å²) in [6.07, 6.45) is 2.29. The van der Waals surface area contributed by atoms with Gasteiger partial charge in [-0.1, -0.05) is 0 Å². The van der Waals surface area contributed by atoms with E-state index in [-0.39, 0.29) is 0 Å². The van der Waals surface area contributed by atoms with Crippen LogP contribution < -0.4 is 11.5 Å². The SMILES string of the molecule is C=N/C(=C\N)CC(N)C=O. The maximum atomic E-state index is 10.0. The molecule has 0 radical (unpaired) electrons. The molecule has 0 aromatic rings. The summed E-state index contributed by atoms with van der Waals surface area (Å²) in [6.45, 7) is 3.25. The van der Waals surface area contributed by atoms with Crippen LogP contribution in [-0.4, -0.2) is 19.0 Å². The molecular weight excluding hydrogens is 130 g/mol. The minimum Gasteiger partial charge on any atom is -0.403 e. The molecule has 0 spiro atoms. The predicted molar refractivity (Wildman–Crippen MR) is 40.5 cm³/mol. The Bertz CT molecular complexity index is 153. The molecule has 1 atom stereocenters. The normalized spacial score (nSPS) is 14.3. The van der Waals surface area contributed by atoms with E-state index in [4.69, 9.17) is 11.5 Å². The minimum absolute atomic E-state index is 0.351. The van der Waals surface area contributed by atoms with E-state index in [2.05, 4.69) is 11.7 Å². The first-order valence-corrected chi connectivity index (χ1v) is 2.83. The number of aldehydes is 1. The van der Waals surface area contributed by atoms with Crippen LogP contribution in [0.3, 0.4) is 0 Å². The molecule has 0 aliphatic carbocycles. The molecule has 10 heavy (non-hydrogen) atoms. The van der Waals surface area contributed by atoms with E-state index in [0.29, 0.717) is 18.4 Å². The zero-order valence-electron chi connectivity index (χ0n) is 5.66. The third-order valence-corrected chi connectivity index (χ3v) is 1.02. The lowest BCUT2D eigenvalue weighted by atomic mass is 10.2. The van der Waals surface area contributed by atoms with Gasteiger partial charge >= 0.3 is 0 Å². The van der Waals surface area contributed by atoms with Gasteiger partial charge in [-0.2, -0.15) is 0 Å². The van der Waals surface area contributed by atoms with Crippen molar-refractivity contribution in [2.75, 3.05) is 0 Å². The van der Waals surface area contributed by atoms with Gasteiger partial charge in [0.15, 0.2) is 0 Å². The van der Waals surface area contributed by atoms with Gasteiger partial charge in [0.25, 0.3) is 0 Å². The Morgan fingerprint density at radius 2 is 2.40 bits per heavy atom. The van der Waals surface area contributed by atoms with Crippen molar-refractivity contribution in [2.24, 2.45) is 16.5 Å². The first-order valence-electron chi connectivity index (χ1n) is 2.83. The summed E-state index contributed by atoms with van der Waals surface area (Å²) in [5, 5.41) is 0. The van der Waals surface area contributed by atoms with E-state index in [1.54, 1.807) is 0 Å². The van der Waals surface area contributed by atoms with Crippen molar-refractivity contribution in [3.05, 3.63) is 11.9 Å². The molecule has 1 unspecified atom stereocenters. The standard InChI is InChI=1S/C6H11N3O/c1-9-6(3-7)2-5(8)4-10/h3-5H,1-2,7-8H2/b6-3-. The zero-order valence-corrected chi connectivity index (χ0v) is 5.66. The first-order chi connectivity index (χ1) is 4.74. The fourth-order valence-electron chi connectivity index (χ4n) is 0.475. The van der Waals surface area contributed by atoms with Crippen LogP contribution in [0.25, 0.3) is 0 Å². The lowest BCUT2D eigenvalue weighted by Gasteiger charge is -2.01. The van der Waals surface area contributed by atoms with Crippen LogP contribution >= 0.6 is 0 Å². The Labute approximate surface area is 59.6 Å². The van der Waals surface area contributed by atoms with Crippen LogP contribution in [0.15, 0.2) is 16.9 Å². The van der Waals surface area contributed by atoms with E-state index in [1.807, 2.05) is 0 Å². The van der Waals surface area contributed by atoms with Crippen LogP contribution in [0, 0.1) is 0 Å². The highest BCUT2D eigenvalue weighted by Crippen LogP contribution is 2.00. The fourth-order valence-corrected chi connectivity index (χ4v) is 0.475. The number of carbonyl (C=O) groups is 1. The smallest absolute Gasteiger partial charge is 0.137 e. The van der Waals surface area contributed by atoms with Crippen molar-refractivity contribution < 1.29 is 4.79 Å². The third kappa shape index (κ3) is 2.99. The van der Waals surface area contributed by atoms with Gasteiger partial charge in [-0.15, -0.1) is 0 Å². The molecule has 0 fully saturated rings. The summed E-state index contributed by atoms with van der Waals surface area (Å²) in [5.41, 5.74) is 10.9. The zero-order chi connectivity index (χ0) is 7.98. The lowest BCUT2D eigenvalue weighted by molar-refractivity contribution is -0.108. The van der Waals surface area contributed by atoms with Gasteiger partial charge in [0.1, 0.15) is 6.29 Å². The Morgan fingerprint density at radius 1 is 1.80 bits per heavy atom. The van der Waals surface area contributed by atoms with E-state index in [1.165, 1.54) is 6.20 Å². The highest BCUT2D eigenvalue weighted by Gasteiger charge is 2.01. The number of carbonyl (C=O) groups excluding carboxylic acids is 1. The molecule has 0 aliphatic heterocycles. The fraction of sp³-hybridized carbons (Fsp3) is 0.333. The number of hydrogen-bond donors (Lipinski definition) is 2. The van der Waals surface area contributed by atoms with E-state index < -0.39 is 6.04 Å². The maximum Gasteiger partial charge on any atom is 0.137 e. The molecule has 0 rings (SSSR count). The molecule has 4 heteroatoms. The van der Waals surface area contributed by atoms with Gasteiger partial charge in [0.2, 0.25) is 0 Å². The van der Waals surface area contributed by atoms with Gasteiger partial charge in [-0.3, -0.25) is 4.99 Å². The topological polar surface area (TPSA) is 81.5 Å². The molecule has 0 saturated heterocycles. The average molecular weight is 141 g/mol. The summed E-state index contributed by atoms with van der Waals surface area (Å²) in [5.74, 6) is 0. The number of hydrogen-bond acceptors (Lipinski definition) is 4. The Morgan fingerprint density at radius 3 is 2.70 bits per heavy atom. The molecule has 0 aromatic heterocycles. The number of nitrogens with zero attached hydrogens (tertiary/aromatic N) is 1. The van der Waals surface area contributed by atoms with Gasteiger partial charge in [-0.05, 0) is 6.72 Å². The molecular formula is C6H11N3O. The molecule has 56 valence electrons. The highest BCUT2D eigenvalue weighted by molar-refractivity contribution is 5.57. The first kappa shape index (κ1) is 8.84. The number of aliphatic imine (C=N–C) groups is 1. The van der Waals surface area contributed by atoms with Crippen LogP contribution in [0.2, 0.25) is 0 Å². The van der Waals surface area contributed by atoms with Gasteiger partial charge in [0, 0.05) is 12.6 Å². The van der Waals surface area contributed by atoms with Crippen molar-refractivity contribution >= 4 is 13.0 Å². The number of rotatable bonds is 4. The van der Waals surface area contributed by atoms with Crippen LogP contribution in [-0.2, 0) is 4.79 Å². The summed E-state index contributed by atoms with van der Waals surface area (Å²) >= 11 is 0. The van der Waals surface area contributed by atoms with Crippen molar-refractivity contribution in [1.82, 2.24) is 0 Å². The summed E-state index contributed by atoms with van der Waals surface area (Å²) in [7, 11) is 0. The Balaban J connectivity index is 3.86. The monoisotopic (exact) mass is 141 g/mol. The van der Waals surface area contributed by atoms with Crippen LogP contribution in [0.4, 0.5) is 0 Å². The summed E-state index contributed by atoms with van der Waals surface area (Å²) < 4.78 is 0. The summed E-state index contributed by atoms with van der Waals surface area (Å²) in [4.78, 5) is 13.6. The van der Waals surface area contributed by atoms with Crippen molar-refractivity contribution in [3.8, 4) is 0 Å². The largest absolute Gasteiger partial charge is 0.403 e. The molecule has 0 amide bonds. The lowest BCUT2D eigenvalue weighted by Crippen LogP contribution is -2.21. The maximum absolute atomic E-state index is 10.0. The quantitative estimate of drug-likeness (QED) is 0.405. The highest BCUT2D eigenvalue weighted by atomic mass is 16.1. The molecule has 0 bridgehead atoms. The third-order valence-electron chi connectivity index (χ3n) is 1.02. The summed E-state index contributed by atoms with van der Waals surface area (Å²) in [6, 6.07) is -0.528. The molecule has 4 nitrogen and oxygen atoms in total. The van der Waals surface area contributed by atoms with Gasteiger partial charge in [0.05, 0.1) is 11.7 Å². The molecule has 0 saturated carbocycles. The van der Waals surface area contributed by atoms with Crippen molar-refractivity contribution in [3.63, 3.8) is 0 Å². The van der Waals surface area contributed by atoms with Crippen molar-refractivity contribution in [2.45, 2.75) is 12.5 Å². The van der Waals surface area contributed by atoms with Crippen molar-refractivity contribution in [1.29, 1.82) is 0 Å². The van der Waals surface area contributed by atoms with Gasteiger partial charge in [-0.25, -0.2) is 0 Å². The molecule has 0 aromatic carbocycles. The molecule has 4 N–H and O–H groups in total. The van der Waals surface area contributed by atoms with E-state index in [0.717, 1.165) is 0 Å². The molecule has 0 aliphatic rings. The van der Waals surface area contributed by atoms with E-state index in [9.17, 15) is 4.79 Å². The van der Waals surface area contributed by atoms with E-state index >= 15 is 0 Å². The average Bonchev–Trinajstić information content (AvgIpc) is 1.99. The Kier molecular flexibility index (Phi) is 4.15. The minimum atomic E-state index is -0.528. The van der Waals surface area contributed by atoms with Gasteiger partial charge < -0.3 is 16.3 Å². The Hall–Kier alpha value is -1.16. The van der Waals surface area contributed by atoms with Crippen LogP contribution in [0.5, 0.6) is 0 Å². The second-order valence-corrected chi connectivity index (χ2v) is 1.82. The second kappa shape index (κ2) is 4.69. The van der Waals surface area contributed by atoms with Crippen LogP contribution in [0.1, 0.15) is 6.42 Å². The predicted octanol–water partition coefficient (Wildman–Crippen LogP) is -0.597. The second-order valence-electron chi connectivity index (χ2n) is 1.82. The molecule has 0 heterocycles. The number of nitrogens with two attached hydrogens (primary N) is 2.